The van der Waals surface area contributed by atoms with Crippen molar-refractivity contribution in [1.29, 1.82) is 0 Å². The van der Waals surface area contributed by atoms with Gasteiger partial charge in [0, 0.05) is 21.8 Å². The monoisotopic (exact) mass is 325 g/mol. The maximum atomic E-state index is 12.1. The van der Waals surface area contributed by atoms with E-state index in [4.69, 9.17) is 0 Å². The average Bonchev–Trinajstić information content (AvgIpc) is 2.78. The Labute approximate surface area is 134 Å². The molecule has 2 nitrogen and oxygen atoms in total. The normalized spacial score (nSPS) is 14.1. The van der Waals surface area contributed by atoms with E-state index in [-0.39, 0.29) is 17.8 Å². The molecule has 2 aromatic rings. The molecule has 0 aliphatic rings. The van der Waals surface area contributed by atoms with Gasteiger partial charge in [-0.1, -0.05) is 12.1 Å². The third-order valence-electron chi connectivity index (χ3n) is 3.65. The molecule has 1 aromatic carbocycles. The third-order valence-corrected chi connectivity index (χ3v) is 4.63. The van der Waals surface area contributed by atoms with Gasteiger partial charge in [0.1, 0.15) is 5.75 Å². The standard InChI is InChI=1S/C17H21F2NOS/c1-10-9-16(13(4)22-10)12(3)20-11(2)14-5-7-15(8-6-14)21-17(18)19/h5-9,11-12,17,20H,1-4H3. The summed E-state index contributed by atoms with van der Waals surface area (Å²) in [6.45, 7) is 5.66. The van der Waals surface area contributed by atoms with Crippen molar-refractivity contribution in [2.45, 2.75) is 46.4 Å². The van der Waals surface area contributed by atoms with E-state index in [1.165, 1.54) is 15.3 Å². The molecule has 1 N–H and O–H groups in total. The minimum absolute atomic E-state index is 0.121. The van der Waals surface area contributed by atoms with Crippen molar-refractivity contribution in [3.63, 3.8) is 0 Å². The van der Waals surface area contributed by atoms with Crippen molar-refractivity contribution in [2.75, 3.05) is 0 Å². The molecule has 2 rings (SSSR count). The second kappa shape index (κ2) is 7.20. The summed E-state index contributed by atoms with van der Waals surface area (Å²) in [6, 6.07) is 9.34. The highest BCUT2D eigenvalue weighted by atomic mass is 32.1. The van der Waals surface area contributed by atoms with Crippen molar-refractivity contribution in [2.24, 2.45) is 0 Å². The molecule has 0 saturated heterocycles. The lowest BCUT2D eigenvalue weighted by atomic mass is 10.0. The lowest BCUT2D eigenvalue weighted by Gasteiger charge is -2.21. The summed E-state index contributed by atoms with van der Waals surface area (Å²) in [5.74, 6) is 0.184. The summed E-state index contributed by atoms with van der Waals surface area (Å²) >= 11 is 1.80. The minimum Gasteiger partial charge on any atom is -0.435 e. The highest BCUT2D eigenvalue weighted by Crippen LogP contribution is 2.28. The first-order valence-electron chi connectivity index (χ1n) is 7.24. The van der Waals surface area contributed by atoms with E-state index >= 15 is 0 Å². The van der Waals surface area contributed by atoms with Gasteiger partial charge in [0.25, 0.3) is 0 Å². The summed E-state index contributed by atoms with van der Waals surface area (Å²) in [4.78, 5) is 2.63. The molecule has 2 atom stereocenters. The fourth-order valence-electron chi connectivity index (χ4n) is 2.58. The number of ether oxygens (including phenoxy) is 1. The van der Waals surface area contributed by atoms with Gasteiger partial charge in [0.2, 0.25) is 0 Å². The molecule has 0 saturated carbocycles. The molecule has 0 bridgehead atoms. The molecular weight excluding hydrogens is 304 g/mol. The first-order chi connectivity index (χ1) is 10.4. The van der Waals surface area contributed by atoms with Crippen molar-refractivity contribution >= 4 is 11.3 Å². The van der Waals surface area contributed by atoms with Crippen molar-refractivity contribution in [3.8, 4) is 5.75 Å². The van der Waals surface area contributed by atoms with Crippen LogP contribution in [0.1, 0.15) is 46.8 Å². The smallest absolute Gasteiger partial charge is 0.387 e. The van der Waals surface area contributed by atoms with Crippen LogP contribution in [0.4, 0.5) is 8.78 Å². The third kappa shape index (κ3) is 4.27. The highest BCUT2D eigenvalue weighted by Gasteiger charge is 2.15. The lowest BCUT2D eigenvalue weighted by molar-refractivity contribution is -0.0498. The van der Waals surface area contributed by atoms with Crippen molar-refractivity contribution < 1.29 is 13.5 Å². The van der Waals surface area contributed by atoms with E-state index < -0.39 is 6.61 Å². The molecule has 0 radical (unpaired) electrons. The van der Waals surface area contributed by atoms with Gasteiger partial charge in [0.05, 0.1) is 0 Å². The van der Waals surface area contributed by atoms with Crippen molar-refractivity contribution in [1.82, 2.24) is 5.32 Å². The molecule has 1 heterocycles. The molecule has 5 heteroatoms. The zero-order valence-corrected chi connectivity index (χ0v) is 14.0. The van der Waals surface area contributed by atoms with Crippen LogP contribution < -0.4 is 10.1 Å². The lowest BCUT2D eigenvalue weighted by Crippen LogP contribution is -2.22. The van der Waals surface area contributed by atoms with E-state index in [2.05, 4.69) is 43.8 Å². The molecule has 2 unspecified atom stereocenters. The van der Waals surface area contributed by atoms with Crippen LogP contribution in [0.15, 0.2) is 30.3 Å². The summed E-state index contributed by atoms with van der Waals surface area (Å²) < 4.78 is 28.7. The Balaban J connectivity index is 2.02. The first-order valence-corrected chi connectivity index (χ1v) is 8.06. The summed E-state index contributed by atoms with van der Waals surface area (Å²) in [5, 5.41) is 3.54. The van der Waals surface area contributed by atoms with Gasteiger partial charge < -0.3 is 10.1 Å². The summed E-state index contributed by atoms with van der Waals surface area (Å²) in [5.41, 5.74) is 2.35. The van der Waals surface area contributed by atoms with Crippen LogP contribution >= 0.6 is 11.3 Å². The minimum atomic E-state index is -2.79. The fourth-order valence-corrected chi connectivity index (χ4v) is 3.60. The Hall–Kier alpha value is -1.46. The van der Waals surface area contributed by atoms with Crippen LogP contribution in [0.3, 0.4) is 0 Å². The van der Waals surface area contributed by atoms with Gasteiger partial charge in [-0.3, -0.25) is 0 Å². The van der Waals surface area contributed by atoms with Gasteiger partial charge in [-0.15, -0.1) is 11.3 Å². The number of thiophene rings is 1. The molecule has 120 valence electrons. The Morgan fingerprint density at radius 3 is 2.18 bits per heavy atom. The largest absolute Gasteiger partial charge is 0.435 e. The van der Waals surface area contributed by atoms with Gasteiger partial charge in [0.15, 0.2) is 0 Å². The van der Waals surface area contributed by atoms with Crippen LogP contribution in [-0.4, -0.2) is 6.61 Å². The fraction of sp³-hybridized carbons (Fsp3) is 0.412. The average molecular weight is 325 g/mol. The second-order valence-corrected chi connectivity index (χ2v) is 6.89. The SMILES string of the molecule is Cc1cc(C(C)NC(C)c2ccc(OC(F)F)cc2)c(C)s1. The maximum Gasteiger partial charge on any atom is 0.387 e. The van der Waals surface area contributed by atoms with E-state index in [0.717, 1.165) is 5.56 Å². The van der Waals surface area contributed by atoms with Gasteiger partial charge in [-0.05, 0) is 57.0 Å². The Morgan fingerprint density at radius 1 is 1.05 bits per heavy atom. The number of alkyl halides is 2. The van der Waals surface area contributed by atoms with Crippen LogP contribution in [0.2, 0.25) is 0 Å². The molecule has 22 heavy (non-hydrogen) atoms. The molecule has 0 aliphatic heterocycles. The molecule has 0 aliphatic carbocycles. The van der Waals surface area contributed by atoms with Crippen LogP contribution in [0.5, 0.6) is 5.75 Å². The van der Waals surface area contributed by atoms with Gasteiger partial charge >= 0.3 is 6.61 Å². The Morgan fingerprint density at radius 2 is 1.68 bits per heavy atom. The predicted molar refractivity (Wildman–Crippen MR) is 86.8 cm³/mol. The predicted octanol–water partition coefficient (Wildman–Crippen LogP) is 5.38. The van der Waals surface area contributed by atoms with E-state index in [1.807, 2.05) is 12.1 Å². The number of halogens is 2. The molecule has 0 amide bonds. The van der Waals surface area contributed by atoms with Crippen LogP contribution in [0, 0.1) is 13.8 Å². The first kappa shape index (κ1) is 16.9. The number of aryl methyl sites for hydroxylation is 2. The Kier molecular flexibility index (Phi) is 5.53. The number of benzene rings is 1. The second-order valence-electron chi connectivity index (χ2n) is 5.43. The van der Waals surface area contributed by atoms with Gasteiger partial charge in [-0.2, -0.15) is 8.78 Å². The quantitative estimate of drug-likeness (QED) is 0.770. The molecular formula is C17H21F2NOS. The Bertz CT molecular complexity index is 610. The maximum absolute atomic E-state index is 12.1. The highest BCUT2D eigenvalue weighted by molar-refractivity contribution is 7.12. The number of hydrogen-bond acceptors (Lipinski definition) is 3. The van der Waals surface area contributed by atoms with E-state index in [9.17, 15) is 8.78 Å². The zero-order chi connectivity index (χ0) is 16.3. The number of hydrogen-bond donors (Lipinski definition) is 1. The van der Waals surface area contributed by atoms with E-state index in [0.29, 0.717) is 0 Å². The zero-order valence-electron chi connectivity index (χ0n) is 13.2. The van der Waals surface area contributed by atoms with E-state index in [1.54, 1.807) is 23.5 Å². The van der Waals surface area contributed by atoms with Crippen LogP contribution in [0.25, 0.3) is 0 Å². The molecule has 0 fully saturated rings. The topological polar surface area (TPSA) is 21.3 Å². The van der Waals surface area contributed by atoms with Crippen LogP contribution in [-0.2, 0) is 0 Å². The summed E-state index contributed by atoms with van der Waals surface area (Å²) in [7, 11) is 0. The van der Waals surface area contributed by atoms with Crippen molar-refractivity contribution in [3.05, 3.63) is 51.2 Å². The molecule has 1 aromatic heterocycles. The number of rotatable bonds is 6. The summed E-state index contributed by atoms with van der Waals surface area (Å²) in [6.07, 6.45) is 0. The van der Waals surface area contributed by atoms with Gasteiger partial charge in [-0.25, -0.2) is 0 Å². The number of nitrogens with one attached hydrogen (secondary N) is 1. The molecule has 0 spiro atoms.